The van der Waals surface area contributed by atoms with Crippen LogP contribution in [0, 0.1) is 6.92 Å². The van der Waals surface area contributed by atoms with Crippen LogP contribution in [-0.4, -0.2) is 52.0 Å². The molecule has 2 N–H and O–H groups in total. The van der Waals surface area contributed by atoms with Crippen molar-refractivity contribution in [3.05, 3.63) is 149 Å². The Hall–Kier alpha value is -5.14. The number of aryl methyl sites for hydroxylation is 1. The third-order valence-corrected chi connectivity index (χ3v) is 8.46. The van der Waals surface area contributed by atoms with E-state index in [1.807, 2.05) is 79.7 Å². The Labute approximate surface area is 264 Å². The minimum atomic E-state index is -0.830. The molecular weight excluding hydrogens is 560 g/mol. The number of nitrogens with two attached hydrogens (primary N) is 1. The van der Waals surface area contributed by atoms with Gasteiger partial charge >= 0.3 is 6.09 Å². The van der Waals surface area contributed by atoms with Gasteiger partial charge < -0.3 is 19.9 Å². The highest BCUT2D eigenvalue weighted by atomic mass is 16.5. The van der Waals surface area contributed by atoms with Gasteiger partial charge in [-0.3, -0.25) is 9.69 Å². The van der Waals surface area contributed by atoms with Gasteiger partial charge in [-0.1, -0.05) is 109 Å². The van der Waals surface area contributed by atoms with Crippen molar-refractivity contribution in [2.24, 2.45) is 5.73 Å². The summed E-state index contributed by atoms with van der Waals surface area (Å²) in [5.41, 5.74) is 12.7. The highest BCUT2D eigenvalue weighted by Crippen LogP contribution is 2.34. The second kappa shape index (κ2) is 13.7. The summed E-state index contributed by atoms with van der Waals surface area (Å²) in [6, 6.07) is 40.7. The van der Waals surface area contributed by atoms with Crippen LogP contribution in [0.25, 0.3) is 16.9 Å². The number of hydrogen-bond acceptors (Lipinski definition) is 4. The van der Waals surface area contributed by atoms with Gasteiger partial charge in [-0.25, -0.2) is 4.79 Å². The summed E-state index contributed by atoms with van der Waals surface area (Å²) in [5, 5.41) is 0. The van der Waals surface area contributed by atoms with Gasteiger partial charge in [0, 0.05) is 43.5 Å². The molecule has 1 atom stereocenters. The third-order valence-electron chi connectivity index (χ3n) is 8.46. The van der Waals surface area contributed by atoms with E-state index in [-0.39, 0.29) is 18.6 Å². The van der Waals surface area contributed by atoms with E-state index in [1.54, 1.807) is 0 Å². The quantitative estimate of drug-likeness (QED) is 0.207. The molecule has 1 fully saturated rings. The number of carbonyl (C=O) groups excluding carboxylic acids is 2. The summed E-state index contributed by atoms with van der Waals surface area (Å²) in [7, 11) is 0. The summed E-state index contributed by atoms with van der Waals surface area (Å²) < 4.78 is 7.29. The lowest BCUT2D eigenvalue weighted by Crippen LogP contribution is -2.55. The summed E-state index contributed by atoms with van der Waals surface area (Å²) in [4.78, 5) is 30.8. The van der Waals surface area contributed by atoms with Gasteiger partial charge in [0.05, 0.1) is 16.9 Å². The fraction of sp³-hybridized carbons (Fsp3) is 0.211. The van der Waals surface area contributed by atoms with E-state index in [0.717, 1.165) is 54.3 Å². The molecule has 0 aliphatic carbocycles. The number of nitrogens with zero attached hydrogens (tertiary/aromatic N) is 3. The highest BCUT2D eigenvalue weighted by molar-refractivity contribution is 6.01. The molecule has 2 heterocycles. The largest absolute Gasteiger partial charge is 0.445 e. The SMILES string of the molecule is Cc1cc(C(=O)N2CCN(Cc3ccccc3)C[C@H]2Cc2ccccc2)c(-c2ccccc2)n1-c1ccccc1COC(N)=O. The lowest BCUT2D eigenvalue weighted by atomic mass is 9.99. The maximum atomic E-state index is 14.8. The Balaban J connectivity index is 1.39. The first kappa shape index (κ1) is 29.9. The molecule has 6 rings (SSSR count). The van der Waals surface area contributed by atoms with E-state index in [4.69, 9.17) is 10.5 Å². The number of primary amides is 1. The Bertz CT molecular complexity index is 1750. The predicted octanol–water partition coefficient (Wildman–Crippen LogP) is 6.62. The van der Waals surface area contributed by atoms with Gasteiger partial charge in [-0.15, -0.1) is 0 Å². The Morgan fingerprint density at radius 3 is 2.11 bits per heavy atom. The number of carbonyl (C=O) groups is 2. The Kier molecular flexibility index (Phi) is 9.08. The van der Waals surface area contributed by atoms with Crippen LogP contribution in [0.2, 0.25) is 0 Å². The van der Waals surface area contributed by atoms with Crippen molar-refractivity contribution in [2.75, 3.05) is 19.6 Å². The van der Waals surface area contributed by atoms with Crippen molar-refractivity contribution in [1.29, 1.82) is 0 Å². The van der Waals surface area contributed by atoms with Gasteiger partial charge in [0.1, 0.15) is 6.61 Å². The Morgan fingerprint density at radius 2 is 1.42 bits per heavy atom. The van der Waals surface area contributed by atoms with E-state index < -0.39 is 6.09 Å². The van der Waals surface area contributed by atoms with Crippen molar-refractivity contribution in [2.45, 2.75) is 32.5 Å². The number of hydrogen-bond donors (Lipinski definition) is 1. The lowest BCUT2D eigenvalue weighted by molar-refractivity contribution is 0.0439. The van der Waals surface area contributed by atoms with Gasteiger partial charge in [-0.2, -0.15) is 0 Å². The Morgan fingerprint density at radius 1 is 0.800 bits per heavy atom. The van der Waals surface area contributed by atoms with Crippen LogP contribution in [0.15, 0.2) is 121 Å². The average Bonchev–Trinajstić information content (AvgIpc) is 3.41. The van der Waals surface area contributed by atoms with Crippen LogP contribution < -0.4 is 5.73 Å². The molecular formula is C38H38N4O3. The molecule has 4 aromatic carbocycles. The summed E-state index contributed by atoms with van der Waals surface area (Å²) >= 11 is 0. The molecule has 1 aromatic heterocycles. The monoisotopic (exact) mass is 598 g/mol. The zero-order valence-corrected chi connectivity index (χ0v) is 25.5. The maximum Gasteiger partial charge on any atom is 0.404 e. The van der Waals surface area contributed by atoms with Crippen molar-refractivity contribution in [1.82, 2.24) is 14.4 Å². The fourth-order valence-electron chi connectivity index (χ4n) is 6.38. The van der Waals surface area contributed by atoms with Crippen molar-refractivity contribution >= 4 is 12.0 Å². The van der Waals surface area contributed by atoms with Crippen LogP contribution in [0.3, 0.4) is 0 Å². The van der Waals surface area contributed by atoms with E-state index in [2.05, 4.69) is 62.9 Å². The fourth-order valence-corrected chi connectivity index (χ4v) is 6.38. The van der Waals surface area contributed by atoms with Gasteiger partial charge in [-0.05, 0) is 42.2 Å². The molecule has 228 valence electrons. The minimum absolute atomic E-state index is 0.000828. The van der Waals surface area contributed by atoms with E-state index in [0.29, 0.717) is 12.1 Å². The first-order valence-corrected chi connectivity index (χ1v) is 15.4. The van der Waals surface area contributed by atoms with Crippen LogP contribution in [0.5, 0.6) is 0 Å². The van der Waals surface area contributed by atoms with E-state index in [1.165, 1.54) is 11.1 Å². The molecule has 7 heteroatoms. The van der Waals surface area contributed by atoms with Gasteiger partial charge in [0.25, 0.3) is 5.91 Å². The maximum absolute atomic E-state index is 14.8. The van der Waals surface area contributed by atoms with Crippen molar-refractivity contribution in [3.63, 3.8) is 0 Å². The standard InChI is InChI=1S/C38H38N4O3/c1-28-23-34(36(31-17-9-4-10-18-31)42(28)35-20-12-11-19-32(35)27-45-38(39)44)37(43)41-22-21-40(25-30-15-7-3-8-16-30)26-33(41)24-29-13-5-2-6-14-29/h2-20,23,33H,21-22,24-27H2,1H3,(H2,39,44)/t33-/m1/s1. The number of rotatable bonds is 9. The molecule has 7 nitrogen and oxygen atoms in total. The number of aromatic nitrogens is 1. The van der Waals surface area contributed by atoms with Crippen LogP contribution in [0.1, 0.15) is 32.7 Å². The molecule has 0 bridgehead atoms. The smallest absolute Gasteiger partial charge is 0.404 e. The molecule has 1 saturated heterocycles. The highest BCUT2D eigenvalue weighted by Gasteiger charge is 2.34. The van der Waals surface area contributed by atoms with Crippen LogP contribution in [-0.2, 0) is 24.3 Å². The molecule has 0 spiro atoms. The number of benzene rings is 4. The van der Waals surface area contributed by atoms with Crippen LogP contribution in [0.4, 0.5) is 4.79 Å². The molecule has 2 amide bonds. The molecule has 45 heavy (non-hydrogen) atoms. The number of ether oxygens (including phenoxy) is 1. The van der Waals surface area contributed by atoms with Crippen molar-refractivity contribution < 1.29 is 14.3 Å². The molecule has 0 saturated carbocycles. The predicted molar refractivity (Wildman–Crippen MR) is 177 cm³/mol. The first-order valence-electron chi connectivity index (χ1n) is 15.4. The van der Waals surface area contributed by atoms with E-state index >= 15 is 0 Å². The van der Waals surface area contributed by atoms with Gasteiger partial charge in [0.2, 0.25) is 0 Å². The average molecular weight is 599 g/mol. The zero-order chi connectivity index (χ0) is 31.2. The van der Waals surface area contributed by atoms with E-state index in [9.17, 15) is 9.59 Å². The number of para-hydroxylation sites is 1. The van der Waals surface area contributed by atoms with Crippen LogP contribution >= 0.6 is 0 Å². The topological polar surface area (TPSA) is 80.8 Å². The van der Waals surface area contributed by atoms with Crippen molar-refractivity contribution in [3.8, 4) is 16.9 Å². The zero-order valence-electron chi connectivity index (χ0n) is 25.5. The number of amides is 2. The molecule has 1 aliphatic heterocycles. The normalized spacial score (nSPS) is 15.1. The van der Waals surface area contributed by atoms with Gasteiger partial charge in [0.15, 0.2) is 0 Å². The minimum Gasteiger partial charge on any atom is -0.445 e. The first-order chi connectivity index (χ1) is 22.0. The molecule has 0 unspecified atom stereocenters. The molecule has 0 radical (unpaired) electrons. The summed E-state index contributed by atoms with van der Waals surface area (Å²) in [5.74, 6) is 0.0156. The lowest BCUT2D eigenvalue weighted by Gasteiger charge is -2.42. The molecule has 5 aromatic rings. The second-order valence-electron chi connectivity index (χ2n) is 11.5. The summed E-state index contributed by atoms with van der Waals surface area (Å²) in [6.07, 6.45) is -0.0602. The summed E-state index contributed by atoms with van der Waals surface area (Å²) in [6.45, 7) is 5.09. The number of piperazine rings is 1. The third kappa shape index (κ3) is 6.84. The molecule has 1 aliphatic rings. The second-order valence-corrected chi connectivity index (χ2v) is 11.5.